The van der Waals surface area contributed by atoms with E-state index in [-0.39, 0.29) is 104 Å². The van der Waals surface area contributed by atoms with Gasteiger partial charge in [0.2, 0.25) is 39.8 Å². The van der Waals surface area contributed by atoms with Gasteiger partial charge in [0, 0.05) is 90.3 Å². The van der Waals surface area contributed by atoms with Gasteiger partial charge in [-0.2, -0.15) is 8.42 Å². The summed E-state index contributed by atoms with van der Waals surface area (Å²) in [5.41, 5.74) is 7.15. The van der Waals surface area contributed by atoms with E-state index >= 15 is 0 Å². The third-order valence-electron chi connectivity index (χ3n) is 25.0. The molecule has 8 aromatic heterocycles. The van der Waals surface area contributed by atoms with Crippen LogP contribution in [0.5, 0.6) is 0 Å². The van der Waals surface area contributed by atoms with Crippen LogP contribution < -0.4 is 26.4 Å². The summed E-state index contributed by atoms with van der Waals surface area (Å²) >= 11 is 0. The molecule has 31 nitrogen and oxygen atoms in total. The van der Waals surface area contributed by atoms with E-state index in [4.69, 9.17) is 48.3 Å². The van der Waals surface area contributed by atoms with Gasteiger partial charge >= 0.3 is 10.3 Å². The number of rotatable bonds is 36. The lowest BCUT2D eigenvalue weighted by Gasteiger charge is -2.42. The average Bonchev–Trinajstić information content (AvgIpc) is 1.80. The van der Waals surface area contributed by atoms with E-state index in [2.05, 4.69) is 183 Å². The van der Waals surface area contributed by atoms with Crippen molar-refractivity contribution < 1.29 is 89.6 Å². The first-order valence-electron chi connectivity index (χ1n) is 44.3. The van der Waals surface area contributed by atoms with E-state index in [1.165, 1.54) is 75.3 Å². The van der Waals surface area contributed by atoms with Crippen molar-refractivity contribution in [2.45, 2.75) is 286 Å². The first kappa shape index (κ1) is 104. The molecule has 35 heteroatoms. The number of hydrogen-bond donors (Lipinski definition) is 10. The van der Waals surface area contributed by atoms with Crippen LogP contribution in [0.2, 0.25) is 33.2 Å². The lowest BCUT2D eigenvalue weighted by molar-refractivity contribution is 0.100. The van der Waals surface area contributed by atoms with Crippen LogP contribution in [0, 0.1) is 41.4 Å². The number of carbonyl (C=O) groups is 4. The van der Waals surface area contributed by atoms with Crippen molar-refractivity contribution in [3.8, 4) is 0 Å². The molecule has 4 fully saturated rings. The first-order chi connectivity index (χ1) is 59.9. The van der Waals surface area contributed by atoms with E-state index < -0.39 is 51.9 Å². The molecule has 4 aliphatic rings. The van der Waals surface area contributed by atoms with Gasteiger partial charge in [-0.1, -0.05) is 138 Å². The number of aliphatic hydroxyl groups excluding tert-OH is 5. The summed E-state index contributed by atoms with van der Waals surface area (Å²) in [5.74, 6) is 4.51. The highest BCUT2D eigenvalue weighted by atomic mass is 32.2. The van der Waals surface area contributed by atoms with Crippen LogP contribution in [0.1, 0.15) is 284 Å². The van der Waals surface area contributed by atoms with E-state index in [1.54, 1.807) is 37.8 Å². The van der Waals surface area contributed by atoms with Crippen molar-refractivity contribution in [1.29, 1.82) is 0 Å². The normalized spacial score (nSPS) is 21.1. The summed E-state index contributed by atoms with van der Waals surface area (Å²) in [6, 6.07) is 7.09. The smallest absolute Gasteiger partial charge is 0.333 e. The first-order valence-corrected chi connectivity index (χ1v) is 49.3. The summed E-state index contributed by atoms with van der Waals surface area (Å²) in [4.78, 5) is 85.0. The molecule has 0 unspecified atom stereocenters. The maximum absolute atomic E-state index is 13.3. The van der Waals surface area contributed by atoms with Gasteiger partial charge in [0.05, 0.1) is 95.0 Å². The number of nitrogens with one attached hydrogen (secondary N) is 4. The van der Waals surface area contributed by atoms with Crippen LogP contribution in [-0.2, 0) is 49.8 Å². The molecule has 0 aromatic carbocycles. The van der Waals surface area contributed by atoms with Crippen LogP contribution in [0.3, 0.4) is 0 Å². The van der Waals surface area contributed by atoms with E-state index in [0.717, 1.165) is 49.7 Å². The summed E-state index contributed by atoms with van der Waals surface area (Å²) in [5, 5.41) is 63.7. The number of ketones is 4. The van der Waals surface area contributed by atoms with Crippen LogP contribution in [0.15, 0.2) is 117 Å². The number of aromatic nitrogens is 8. The molecule has 4 saturated carbocycles. The lowest BCUT2D eigenvalue weighted by Crippen LogP contribution is -2.47. The second-order valence-electron chi connectivity index (χ2n) is 35.1. The minimum absolute atomic E-state index is 0. The molecule has 126 heavy (non-hydrogen) atoms. The Balaban J connectivity index is 0.000000257. The number of nitrogens with two attached hydrogens (primary N) is 1. The van der Waals surface area contributed by atoms with Gasteiger partial charge in [-0.3, -0.25) is 27.8 Å². The van der Waals surface area contributed by atoms with E-state index in [0.29, 0.717) is 152 Å². The van der Waals surface area contributed by atoms with Crippen molar-refractivity contribution in [2.24, 2.45) is 46.6 Å². The molecule has 0 radical (unpaired) electrons. The van der Waals surface area contributed by atoms with Crippen LogP contribution in [0.4, 0.5) is 27.7 Å². The summed E-state index contributed by atoms with van der Waals surface area (Å²) in [6.45, 7) is 40.8. The Morgan fingerprint density at radius 3 is 0.984 bits per heavy atom. The fourth-order valence-electron chi connectivity index (χ4n) is 18.8. The Bertz CT molecular complexity index is 4600. The Morgan fingerprint density at radius 2 is 0.738 bits per heavy atom. The average molecular weight is 1810 g/mol. The third kappa shape index (κ3) is 28.1. The highest BCUT2D eigenvalue weighted by Crippen LogP contribution is 2.46. The van der Waals surface area contributed by atoms with Gasteiger partial charge in [-0.15, -0.1) is 0 Å². The largest absolute Gasteiger partial charge is 0.460 e. The monoisotopic (exact) mass is 1810 g/mol. The van der Waals surface area contributed by atoms with Gasteiger partial charge in [-0.05, 0) is 151 Å². The van der Waals surface area contributed by atoms with Gasteiger partial charge in [-0.25, -0.2) is 45.0 Å². The molecular weight excluding hydrogens is 1670 g/mol. The minimum Gasteiger partial charge on any atom is -0.460 e. The number of anilines is 4. The molecule has 8 aromatic rings. The van der Waals surface area contributed by atoms with E-state index in [1.807, 2.05) is 6.07 Å². The maximum atomic E-state index is 13.3. The number of carbonyl (C=O) groups excluding carboxylic acids is 4. The minimum atomic E-state index is -4.09. The van der Waals surface area contributed by atoms with Crippen molar-refractivity contribution in [3.05, 3.63) is 167 Å². The number of alkyl halides is 1. The highest BCUT2D eigenvalue weighted by molar-refractivity contribution is 7.84. The topological polar surface area (TPSA) is 461 Å². The maximum Gasteiger partial charge on any atom is 0.333 e. The zero-order chi connectivity index (χ0) is 92.9. The van der Waals surface area contributed by atoms with Crippen molar-refractivity contribution in [1.82, 2.24) is 39.9 Å². The molecular formula is C91H140FN13O18SSi2. The molecule has 4 aliphatic carbocycles. The number of furan rings is 4. The van der Waals surface area contributed by atoms with Crippen molar-refractivity contribution >= 4 is 73.3 Å². The Hall–Kier alpha value is -8.73. The van der Waals surface area contributed by atoms with Gasteiger partial charge in [0.15, 0.2) is 23.0 Å². The van der Waals surface area contributed by atoms with Gasteiger partial charge in [0.25, 0.3) is 0 Å². The fraction of sp³-hybridized carbons (Fsp3) is 0.604. The SMILES string of the molecule is C.CC(C)[Si](OCc1coc(C(=O)c2cncnc2N[C@@H]2C[C@H](CO)[C@@H](C)C2)c1)(C(C)C)C(C)C.CCO.CC[C@H]1C[C@@H](Nc2ncncc2C(=O)c2cc(CO)co2)C[C@@H]1C.CC[C@H]1C[C@@H](Nc2ncncc2C(=O)c2cc(CO[Si](C(C)C)(C(C)C)C(C)C)co2)C[C@@H]1C.NS(=O)(=O)OC[C@H]1C[C@@H](Nc2ncncc2C(=O)c2cc(CO)co2)C[C@@H]1O.[2H]CF. The van der Waals surface area contributed by atoms with E-state index in [9.17, 15) is 42.2 Å². The van der Waals surface area contributed by atoms with Crippen molar-refractivity contribution in [3.63, 3.8) is 0 Å². The van der Waals surface area contributed by atoms with Crippen LogP contribution in [0.25, 0.3) is 0 Å². The van der Waals surface area contributed by atoms with Crippen molar-refractivity contribution in [2.75, 3.05) is 48.2 Å². The Morgan fingerprint density at radius 1 is 0.476 bits per heavy atom. The number of hydrogen-bond acceptors (Lipinski definition) is 30. The molecule has 0 amide bonds. The Labute approximate surface area is 746 Å². The molecule has 0 bridgehead atoms. The molecule has 0 aliphatic heterocycles. The molecule has 0 saturated heterocycles. The number of aliphatic hydroxyl groups is 5. The zero-order valence-electron chi connectivity index (χ0n) is 76.8. The Kier molecular flexibility index (Phi) is 41.6. The number of nitrogens with zero attached hydrogens (tertiary/aromatic N) is 8. The molecule has 12 atom stereocenters. The third-order valence-corrected chi connectivity index (χ3v) is 37.6. The summed E-state index contributed by atoms with van der Waals surface area (Å²) in [6.07, 6.45) is 25.9. The lowest BCUT2D eigenvalue weighted by atomic mass is 9.96. The summed E-state index contributed by atoms with van der Waals surface area (Å²) < 4.78 is 77.0. The number of halogens is 1. The second-order valence-corrected chi connectivity index (χ2v) is 47.3. The predicted molar refractivity (Wildman–Crippen MR) is 487 cm³/mol. The molecule has 698 valence electrons. The van der Waals surface area contributed by atoms with Gasteiger partial charge in [0.1, 0.15) is 48.6 Å². The highest BCUT2D eigenvalue weighted by Gasteiger charge is 2.47. The predicted octanol–water partition coefficient (Wildman–Crippen LogP) is 16.9. The van der Waals surface area contributed by atoms with Gasteiger partial charge < -0.3 is 73.3 Å². The quantitative estimate of drug-likeness (QED) is 0.0129. The second kappa shape index (κ2) is 50.3. The van der Waals surface area contributed by atoms with Crippen LogP contribution >= 0.6 is 0 Å². The molecule has 12 rings (SSSR count). The fourth-order valence-corrected chi connectivity index (χ4v) is 30.0. The van der Waals surface area contributed by atoms with Crippen LogP contribution in [-0.4, -0.2) is 171 Å². The molecule has 8 heterocycles. The standard InChI is InChI=1S/C27H43N3O3Si.C26H41N3O4Si.C18H23N3O3.C16H20N4O7S.C2H6O.CH3F.CH4/c1-9-22-12-23(10-20(22)8)30-27-24(13-28-16-29-27)26(31)25-11-21(14-32-25)15-33-34(17(2)3,18(4)5)19(6)7;1-16(2)34(17(3)4,18(5)6)33-14-20-9-24(32-13-20)25(31)23-11-27-15-28-26(23)29-22-8-19(7)21(10-22)12-30;1-3-13-6-14(4-11(13)2)21-18-15(7-19-10-20-18)17(23)16-5-12(8-22)9-24-16;17-28(24,25)27-7-10-2-11(3-13(10)22)20-16-12(4-18-8-19-16)15(23)14-1-9(5-21)6-26-14;1-2-3;1-2;/h11,13-14,16-20,22-23H,9-10,12,15H2,1-8H3,(H,28,29,30);9,11,13,15-19,21-22,30H,8,10,12,14H2,1-7H3,(H,27,28,29);5,7,9-11,13-14,22H,3-4,6,8H2,1-2H3,(H,19,20,21);1,4,6,8,10-11,13,21-22H,2-3,5,7H2,(H2,17,24,25)(H,18,19,20);3H,2H2,1H3;1H3;1H4/t20-,22-,23-;19-,21+,22-;11-,13-,14-;10-,11-,13+;;;/m0001.../s1/i;;;;;1D;. The zero-order valence-corrected chi connectivity index (χ0v) is 78.7. The molecule has 11 N–H and O–H groups in total. The molecule has 0 spiro atoms. The summed E-state index contributed by atoms with van der Waals surface area (Å²) in [7, 11) is -9.09.